The van der Waals surface area contributed by atoms with Crippen molar-refractivity contribution in [2.45, 2.75) is 56.6 Å². The van der Waals surface area contributed by atoms with Crippen LogP contribution in [0.3, 0.4) is 0 Å². The third-order valence-corrected chi connectivity index (χ3v) is 6.04. The van der Waals surface area contributed by atoms with Crippen LogP contribution in [-0.4, -0.2) is 72.1 Å². The summed E-state index contributed by atoms with van der Waals surface area (Å²) >= 11 is 0. The van der Waals surface area contributed by atoms with Crippen LogP contribution < -0.4 is 14.8 Å². The zero-order valence-electron chi connectivity index (χ0n) is 15.9. The number of morpholine rings is 1. The van der Waals surface area contributed by atoms with E-state index >= 15 is 0 Å². The number of piperidine rings is 1. The maximum Gasteiger partial charge on any atom is 0.249 e. The van der Waals surface area contributed by atoms with Crippen molar-refractivity contribution in [2.24, 2.45) is 0 Å². The molecule has 0 aliphatic carbocycles. The summed E-state index contributed by atoms with van der Waals surface area (Å²) in [5.74, 6) is 1.36. The molecule has 3 aliphatic heterocycles. The van der Waals surface area contributed by atoms with Crippen LogP contribution in [-0.2, 0) is 9.53 Å². The number of nitrogens with one attached hydrogen (secondary N) is 1. The number of nitrogens with zero attached hydrogens (tertiary/aromatic N) is 1. The van der Waals surface area contributed by atoms with Crippen LogP contribution in [0.1, 0.15) is 26.7 Å². The molecule has 3 aliphatic rings. The van der Waals surface area contributed by atoms with Crippen LogP contribution >= 0.6 is 0 Å². The number of hydrogen-bond acceptors (Lipinski definition) is 6. The number of aliphatic hydroxyl groups excluding tert-OH is 1. The number of amides is 1. The molecule has 2 saturated heterocycles. The van der Waals surface area contributed by atoms with Gasteiger partial charge in [-0.25, -0.2) is 0 Å². The van der Waals surface area contributed by atoms with Gasteiger partial charge in [-0.1, -0.05) is 12.1 Å². The van der Waals surface area contributed by atoms with E-state index in [9.17, 15) is 9.90 Å². The fourth-order valence-corrected chi connectivity index (χ4v) is 4.24. The number of carbonyl (C=O) groups excluding carboxylic acids is 1. The fraction of sp³-hybridized carbons (Fsp3) is 0.650. The Morgan fingerprint density at radius 1 is 1.26 bits per heavy atom. The Balaban J connectivity index is 1.31. The SMILES string of the molecule is CC1OC2(CCN(CC(O)C3COc4ccccc4O3)CC2)C(C)NC1=O. The second kappa shape index (κ2) is 7.30. The van der Waals surface area contributed by atoms with Gasteiger partial charge in [0.1, 0.15) is 18.8 Å². The average Bonchev–Trinajstić information content (AvgIpc) is 2.68. The van der Waals surface area contributed by atoms with E-state index in [-0.39, 0.29) is 23.7 Å². The van der Waals surface area contributed by atoms with Gasteiger partial charge in [0.15, 0.2) is 17.6 Å². The zero-order valence-corrected chi connectivity index (χ0v) is 15.9. The number of aliphatic hydroxyl groups is 1. The summed E-state index contributed by atoms with van der Waals surface area (Å²) in [6, 6.07) is 7.52. The molecule has 0 bridgehead atoms. The van der Waals surface area contributed by atoms with Crippen LogP contribution in [0.2, 0.25) is 0 Å². The minimum absolute atomic E-state index is 0.000136. The summed E-state index contributed by atoms with van der Waals surface area (Å²) in [6.45, 7) is 6.32. The Bertz CT molecular complexity index is 689. The Hall–Kier alpha value is -1.83. The van der Waals surface area contributed by atoms with E-state index in [2.05, 4.69) is 10.2 Å². The third-order valence-electron chi connectivity index (χ3n) is 6.04. The van der Waals surface area contributed by atoms with Gasteiger partial charge in [0.25, 0.3) is 0 Å². The molecule has 3 heterocycles. The van der Waals surface area contributed by atoms with Crippen LogP contribution in [0.4, 0.5) is 0 Å². The van der Waals surface area contributed by atoms with E-state index in [0.29, 0.717) is 18.9 Å². The molecule has 2 N–H and O–H groups in total. The molecule has 148 valence electrons. The lowest BCUT2D eigenvalue weighted by Gasteiger charge is -2.49. The second-order valence-electron chi connectivity index (χ2n) is 7.84. The molecular formula is C20H28N2O5. The number of benzene rings is 1. The molecule has 0 saturated carbocycles. The number of carbonyl (C=O) groups is 1. The summed E-state index contributed by atoms with van der Waals surface area (Å²) in [5, 5.41) is 13.7. The lowest BCUT2D eigenvalue weighted by molar-refractivity contribution is -0.179. The average molecular weight is 376 g/mol. The van der Waals surface area contributed by atoms with Crippen molar-refractivity contribution >= 4 is 5.91 Å². The predicted molar refractivity (Wildman–Crippen MR) is 98.9 cm³/mol. The zero-order chi connectivity index (χ0) is 19.0. The Kier molecular flexibility index (Phi) is 5.01. The van der Waals surface area contributed by atoms with E-state index in [1.807, 2.05) is 31.2 Å². The van der Waals surface area contributed by atoms with Crippen LogP contribution in [0.25, 0.3) is 0 Å². The van der Waals surface area contributed by atoms with Crippen molar-refractivity contribution in [3.8, 4) is 11.5 Å². The van der Waals surface area contributed by atoms with E-state index in [1.54, 1.807) is 6.92 Å². The van der Waals surface area contributed by atoms with Crippen molar-refractivity contribution in [3.63, 3.8) is 0 Å². The molecule has 0 radical (unpaired) electrons. The molecule has 2 fully saturated rings. The highest BCUT2D eigenvalue weighted by Gasteiger charge is 2.47. The Morgan fingerprint density at radius 3 is 2.70 bits per heavy atom. The van der Waals surface area contributed by atoms with E-state index in [4.69, 9.17) is 14.2 Å². The number of para-hydroxylation sites is 2. The number of likely N-dealkylation sites (tertiary alicyclic amines) is 1. The van der Waals surface area contributed by atoms with Crippen LogP contribution in [0.15, 0.2) is 24.3 Å². The topological polar surface area (TPSA) is 80.3 Å². The Labute approximate surface area is 159 Å². The van der Waals surface area contributed by atoms with Gasteiger partial charge in [-0.05, 0) is 38.8 Å². The van der Waals surface area contributed by atoms with Gasteiger partial charge < -0.3 is 29.5 Å². The molecule has 1 spiro atoms. The van der Waals surface area contributed by atoms with Gasteiger partial charge in [-0.15, -0.1) is 0 Å². The van der Waals surface area contributed by atoms with Crippen molar-refractivity contribution in [1.82, 2.24) is 10.2 Å². The minimum Gasteiger partial charge on any atom is -0.486 e. The fourth-order valence-electron chi connectivity index (χ4n) is 4.24. The van der Waals surface area contributed by atoms with Gasteiger partial charge in [0.2, 0.25) is 5.91 Å². The highest BCUT2D eigenvalue weighted by atomic mass is 16.6. The number of rotatable bonds is 3. The summed E-state index contributed by atoms with van der Waals surface area (Å²) in [5.41, 5.74) is -0.307. The molecular weight excluding hydrogens is 348 g/mol. The first-order valence-corrected chi connectivity index (χ1v) is 9.74. The van der Waals surface area contributed by atoms with Crippen molar-refractivity contribution in [2.75, 3.05) is 26.2 Å². The molecule has 7 heteroatoms. The maximum atomic E-state index is 11.8. The molecule has 27 heavy (non-hydrogen) atoms. The lowest BCUT2D eigenvalue weighted by atomic mass is 9.83. The van der Waals surface area contributed by atoms with E-state index in [1.165, 1.54) is 0 Å². The molecule has 1 aromatic rings. The largest absolute Gasteiger partial charge is 0.486 e. The second-order valence-corrected chi connectivity index (χ2v) is 7.84. The molecule has 4 atom stereocenters. The highest BCUT2D eigenvalue weighted by Crippen LogP contribution is 2.35. The molecule has 4 unspecified atom stereocenters. The highest BCUT2D eigenvalue weighted by molar-refractivity contribution is 5.81. The molecule has 1 amide bonds. The first-order chi connectivity index (χ1) is 13.0. The third kappa shape index (κ3) is 3.63. The standard InChI is InChI=1S/C20H28N2O5/c1-13-19(24)21-14(2)20(27-13)7-9-22(10-8-20)11-15(23)18-12-25-16-5-3-4-6-17(16)26-18/h3-6,13-15,18,23H,7-12H2,1-2H3,(H,21,24). The van der Waals surface area contributed by atoms with Gasteiger partial charge in [0.05, 0.1) is 11.6 Å². The van der Waals surface area contributed by atoms with Gasteiger partial charge in [-0.2, -0.15) is 0 Å². The number of hydrogen-bond donors (Lipinski definition) is 2. The monoisotopic (exact) mass is 376 g/mol. The van der Waals surface area contributed by atoms with Gasteiger partial charge in [0, 0.05) is 19.6 Å². The van der Waals surface area contributed by atoms with E-state index in [0.717, 1.165) is 31.7 Å². The predicted octanol–water partition coefficient (Wildman–Crippen LogP) is 0.945. The number of ether oxygens (including phenoxy) is 3. The molecule has 7 nitrogen and oxygen atoms in total. The van der Waals surface area contributed by atoms with Crippen molar-refractivity contribution < 1.29 is 24.1 Å². The van der Waals surface area contributed by atoms with Gasteiger partial charge in [-0.3, -0.25) is 4.79 Å². The summed E-state index contributed by atoms with van der Waals surface area (Å²) in [7, 11) is 0. The lowest BCUT2D eigenvalue weighted by Crippen LogP contribution is -2.65. The first-order valence-electron chi connectivity index (χ1n) is 9.74. The van der Waals surface area contributed by atoms with E-state index < -0.39 is 12.2 Å². The minimum atomic E-state index is -0.629. The first kappa shape index (κ1) is 18.5. The van der Waals surface area contributed by atoms with Gasteiger partial charge >= 0.3 is 0 Å². The quantitative estimate of drug-likeness (QED) is 0.818. The number of fused-ring (bicyclic) bond motifs is 1. The normalized spacial score (nSPS) is 31.4. The van der Waals surface area contributed by atoms with Crippen molar-refractivity contribution in [3.05, 3.63) is 24.3 Å². The van der Waals surface area contributed by atoms with Crippen LogP contribution in [0.5, 0.6) is 11.5 Å². The molecule has 1 aromatic carbocycles. The van der Waals surface area contributed by atoms with Crippen molar-refractivity contribution in [1.29, 1.82) is 0 Å². The molecule has 4 rings (SSSR count). The number of β-amino-alcohol motifs (C(OH)–C–C–N with tert-alkyl or cyclic N) is 1. The maximum absolute atomic E-state index is 11.8. The van der Waals surface area contributed by atoms with Crippen LogP contribution in [0, 0.1) is 0 Å². The molecule has 0 aromatic heterocycles. The summed E-state index contributed by atoms with van der Waals surface area (Å²) < 4.78 is 17.7. The smallest absolute Gasteiger partial charge is 0.249 e. The Morgan fingerprint density at radius 2 is 1.96 bits per heavy atom. The summed E-state index contributed by atoms with van der Waals surface area (Å²) in [6.07, 6.45) is 0.245. The summed E-state index contributed by atoms with van der Waals surface area (Å²) in [4.78, 5) is 14.0.